The fraction of sp³-hybridized carbons (Fsp3) is 0.500. The number of alkyl halides is 3. The molecule has 5 heteroatoms. The molecule has 0 amide bonds. The van der Waals surface area contributed by atoms with Crippen molar-refractivity contribution in [1.82, 2.24) is 5.32 Å². The van der Waals surface area contributed by atoms with Crippen LogP contribution in [0.1, 0.15) is 12.0 Å². The molecule has 1 heterocycles. The lowest BCUT2D eigenvalue weighted by atomic mass is 9.95. The molecule has 0 aromatic heterocycles. The molecule has 0 bridgehead atoms. The number of fused-ring (bicyclic) bond motifs is 1. The third-order valence-corrected chi connectivity index (χ3v) is 3.73. The number of benzene rings is 1. The Hall–Kier alpha value is -1.23. The van der Waals surface area contributed by atoms with Gasteiger partial charge in [0.05, 0.1) is 0 Å². The molecular formula is C12H12F3NO. The normalized spacial score (nSPS) is 31.1. The lowest BCUT2D eigenvalue weighted by Crippen LogP contribution is -2.19. The molecule has 1 aromatic carbocycles. The minimum Gasteiger partial charge on any atom is -0.406 e. The predicted molar refractivity (Wildman–Crippen MR) is 55.8 cm³/mol. The van der Waals surface area contributed by atoms with Crippen LogP contribution in [-0.2, 0) is 5.41 Å². The largest absolute Gasteiger partial charge is 0.573 e. The number of piperidine rings is 1. The van der Waals surface area contributed by atoms with Gasteiger partial charge in [0.15, 0.2) is 0 Å². The molecule has 3 rings (SSSR count). The highest BCUT2D eigenvalue weighted by atomic mass is 19.4. The minimum absolute atomic E-state index is 0.152. The molecule has 2 atom stereocenters. The molecule has 2 fully saturated rings. The fourth-order valence-electron chi connectivity index (χ4n) is 2.78. The Morgan fingerprint density at radius 2 is 1.94 bits per heavy atom. The molecule has 2 aliphatic rings. The van der Waals surface area contributed by atoms with Crippen LogP contribution < -0.4 is 10.1 Å². The van der Waals surface area contributed by atoms with Crippen molar-refractivity contribution in [3.8, 4) is 5.75 Å². The third kappa shape index (κ3) is 1.88. The van der Waals surface area contributed by atoms with Gasteiger partial charge in [0.25, 0.3) is 0 Å². The summed E-state index contributed by atoms with van der Waals surface area (Å²) >= 11 is 0. The van der Waals surface area contributed by atoms with Crippen LogP contribution in [0.15, 0.2) is 24.3 Å². The van der Waals surface area contributed by atoms with Gasteiger partial charge in [-0.25, -0.2) is 0 Å². The van der Waals surface area contributed by atoms with Crippen LogP contribution in [0.4, 0.5) is 13.2 Å². The first-order valence-corrected chi connectivity index (χ1v) is 5.57. The van der Waals surface area contributed by atoms with E-state index >= 15 is 0 Å². The summed E-state index contributed by atoms with van der Waals surface area (Å²) < 4.78 is 39.8. The van der Waals surface area contributed by atoms with Gasteiger partial charge in [0.1, 0.15) is 5.75 Å². The molecule has 0 unspecified atom stereocenters. The first kappa shape index (κ1) is 10.9. The molecule has 1 saturated carbocycles. The van der Waals surface area contributed by atoms with E-state index in [4.69, 9.17) is 0 Å². The molecule has 1 saturated heterocycles. The summed E-state index contributed by atoms with van der Waals surface area (Å²) in [5, 5.41) is 3.30. The Morgan fingerprint density at radius 1 is 1.24 bits per heavy atom. The van der Waals surface area contributed by atoms with Gasteiger partial charge in [-0.05, 0) is 36.6 Å². The van der Waals surface area contributed by atoms with Gasteiger partial charge in [0.2, 0.25) is 0 Å². The lowest BCUT2D eigenvalue weighted by molar-refractivity contribution is -0.274. The van der Waals surface area contributed by atoms with Crippen molar-refractivity contribution in [2.24, 2.45) is 5.92 Å². The van der Waals surface area contributed by atoms with Crippen LogP contribution in [0.2, 0.25) is 0 Å². The molecule has 1 aliphatic carbocycles. The zero-order valence-corrected chi connectivity index (χ0v) is 9.05. The molecule has 2 nitrogen and oxygen atoms in total. The van der Waals surface area contributed by atoms with E-state index in [1.165, 1.54) is 12.1 Å². The molecular weight excluding hydrogens is 231 g/mol. The first-order chi connectivity index (χ1) is 8.00. The topological polar surface area (TPSA) is 21.3 Å². The van der Waals surface area contributed by atoms with Crippen LogP contribution in [0.5, 0.6) is 5.75 Å². The van der Waals surface area contributed by atoms with Crippen molar-refractivity contribution >= 4 is 0 Å². The van der Waals surface area contributed by atoms with Crippen molar-refractivity contribution in [2.45, 2.75) is 18.2 Å². The summed E-state index contributed by atoms with van der Waals surface area (Å²) in [4.78, 5) is 0. The van der Waals surface area contributed by atoms with Gasteiger partial charge in [-0.1, -0.05) is 12.1 Å². The Kier molecular flexibility index (Phi) is 2.17. The summed E-state index contributed by atoms with van der Waals surface area (Å²) in [5.74, 6) is 0.498. The Balaban J connectivity index is 1.77. The summed E-state index contributed by atoms with van der Waals surface area (Å²) in [7, 11) is 0. The number of ether oxygens (including phenoxy) is 1. The molecule has 0 spiro atoms. The van der Waals surface area contributed by atoms with Gasteiger partial charge in [-0.3, -0.25) is 0 Å². The van der Waals surface area contributed by atoms with E-state index in [1.807, 2.05) is 0 Å². The lowest BCUT2D eigenvalue weighted by Gasteiger charge is -2.14. The molecule has 1 aromatic rings. The molecule has 17 heavy (non-hydrogen) atoms. The highest BCUT2D eigenvalue weighted by Gasteiger charge is 2.57. The fourth-order valence-corrected chi connectivity index (χ4v) is 2.78. The average Bonchev–Trinajstić information content (AvgIpc) is 2.80. The maximum Gasteiger partial charge on any atom is 0.573 e. The zero-order valence-electron chi connectivity index (χ0n) is 9.05. The molecule has 1 aliphatic heterocycles. The number of hydrogen-bond donors (Lipinski definition) is 1. The van der Waals surface area contributed by atoms with Crippen molar-refractivity contribution < 1.29 is 17.9 Å². The summed E-state index contributed by atoms with van der Waals surface area (Å²) in [5.41, 5.74) is 1.29. The maximum atomic E-state index is 12.0. The van der Waals surface area contributed by atoms with E-state index in [0.717, 1.165) is 25.1 Å². The van der Waals surface area contributed by atoms with Crippen LogP contribution in [0, 0.1) is 5.92 Å². The number of rotatable bonds is 2. The van der Waals surface area contributed by atoms with Gasteiger partial charge < -0.3 is 10.1 Å². The standard InChI is InChI=1S/C12H12F3NO/c13-12(14,15)17-10-3-1-8(2-4-10)11-5-9(11)6-16-7-11/h1-4,9,16H,5-7H2/t9-,11+/m0/s1. The summed E-state index contributed by atoms with van der Waals surface area (Å²) in [6.07, 6.45) is -3.48. The van der Waals surface area contributed by atoms with Crippen LogP contribution >= 0.6 is 0 Å². The predicted octanol–water partition coefficient (Wildman–Crippen LogP) is 2.45. The monoisotopic (exact) mass is 243 g/mol. The molecule has 0 radical (unpaired) electrons. The second kappa shape index (κ2) is 3.38. The van der Waals surface area contributed by atoms with Crippen molar-refractivity contribution in [3.05, 3.63) is 29.8 Å². The average molecular weight is 243 g/mol. The Labute approximate surface area is 96.8 Å². The van der Waals surface area contributed by atoms with E-state index in [-0.39, 0.29) is 11.2 Å². The number of hydrogen-bond acceptors (Lipinski definition) is 2. The van der Waals surface area contributed by atoms with Gasteiger partial charge in [-0.15, -0.1) is 13.2 Å². The highest BCUT2D eigenvalue weighted by molar-refractivity contribution is 5.40. The summed E-state index contributed by atoms with van der Waals surface area (Å²) in [6.45, 7) is 1.94. The zero-order chi connectivity index (χ0) is 12.1. The smallest absolute Gasteiger partial charge is 0.406 e. The van der Waals surface area contributed by atoms with Gasteiger partial charge in [0, 0.05) is 12.0 Å². The minimum atomic E-state index is -4.61. The first-order valence-electron chi connectivity index (χ1n) is 5.57. The molecule has 1 N–H and O–H groups in total. The van der Waals surface area contributed by atoms with Crippen molar-refractivity contribution in [2.75, 3.05) is 13.1 Å². The van der Waals surface area contributed by atoms with Crippen LogP contribution in [0.25, 0.3) is 0 Å². The van der Waals surface area contributed by atoms with Crippen LogP contribution in [-0.4, -0.2) is 19.5 Å². The van der Waals surface area contributed by atoms with Crippen molar-refractivity contribution in [1.29, 1.82) is 0 Å². The van der Waals surface area contributed by atoms with Gasteiger partial charge in [-0.2, -0.15) is 0 Å². The van der Waals surface area contributed by atoms with E-state index in [2.05, 4.69) is 10.1 Å². The number of halogens is 3. The van der Waals surface area contributed by atoms with E-state index < -0.39 is 6.36 Å². The molecule has 92 valence electrons. The Morgan fingerprint density at radius 3 is 2.41 bits per heavy atom. The van der Waals surface area contributed by atoms with E-state index in [9.17, 15) is 13.2 Å². The quantitative estimate of drug-likeness (QED) is 0.861. The van der Waals surface area contributed by atoms with E-state index in [0.29, 0.717) is 5.92 Å². The summed E-state index contributed by atoms with van der Waals surface area (Å²) in [6, 6.07) is 6.28. The highest BCUT2D eigenvalue weighted by Crippen LogP contribution is 2.56. The second-order valence-corrected chi connectivity index (χ2v) is 4.76. The number of nitrogens with one attached hydrogen (secondary N) is 1. The van der Waals surface area contributed by atoms with Crippen LogP contribution in [0.3, 0.4) is 0 Å². The van der Waals surface area contributed by atoms with Gasteiger partial charge >= 0.3 is 6.36 Å². The van der Waals surface area contributed by atoms with E-state index in [1.54, 1.807) is 12.1 Å². The SMILES string of the molecule is FC(F)(F)Oc1ccc([C@@]23CNC[C@@H]2C3)cc1. The second-order valence-electron chi connectivity index (χ2n) is 4.76. The Bertz CT molecular complexity index is 428. The van der Waals surface area contributed by atoms with Crippen molar-refractivity contribution in [3.63, 3.8) is 0 Å². The third-order valence-electron chi connectivity index (χ3n) is 3.73. The maximum absolute atomic E-state index is 12.0.